The highest BCUT2D eigenvalue weighted by Gasteiger charge is 2.23. The van der Waals surface area contributed by atoms with E-state index in [4.69, 9.17) is 9.84 Å². The average molecular weight is 221 g/mol. The van der Waals surface area contributed by atoms with Gasteiger partial charge in [-0.2, -0.15) is 0 Å². The van der Waals surface area contributed by atoms with E-state index < -0.39 is 5.97 Å². The number of aliphatic carboxylic acids is 1. The van der Waals surface area contributed by atoms with E-state index >= 15 is 0 Å². The summed E-state index contributed by atoms with van der Waals surface area (Å²) in [6.07, 6.45) is 0.880. The smallest absolute Gasteiger partial charge is 0.303 e. The summed E-state index contributed by atoms with van der Waals surface area (Å²) in [4.78, 5) is 10.5. The van der Waals surface area contributed by atoms with Gasteiger partial charge in [-0.25, -0.2) is 0 Å². The van der Waals surface area contributed by atoms with Crippen LogP contribution in [0.2, 0.25) is 0 Å². The molecule has 1 aliphatic rings. The van der Waals surface area contributed by atoms with Crippen molar-refractivity contribution in [2.24, 2.45) is 0 Å². The molecule has 86 valence electrons. The SMILES string of the molecule is COc1ccc2c(c1)C(CCC(=O)O)CN2. The van der Waals surface area contributed by atoms with Crippen LogP contribution in [0.25, 0.3) is 0 Å². The van der Waals surface area contributed by atoms with E-state index in [-0.39, 0.29) is 12.3 Å². The normalized spacial score (nSPS) is 17.7. The lowest BCUT2D eigenvalue weighted by atomic mass is 9.96. The van der Waals surface area contributed by atoms with Crippen LogP contribution >= 0.6 is 0 Å². The van der Waals surface area contributed by atoms with Crippen molar-refractivity contribution >= 4 is 11.7 Å². The topological polar surface area (TPSA) is 58.6 Å². The van der Waals surface area contributed by atoms with Gasteiger partial charge in [0.25, 0.3) is 0 Å². The molecule has 4 nitrogen and oxygen atoms in total. The summed E-state index contributed by atoms with van der Waals surface area (Å²) in [5.41, 5.74) is 2.26. The highest BCUT2D eigenvalue weighted by molar-refractivity contribution is 5.67. The molecule has 16 heavy (non-hydrogen) atoms. The van der Waals surface area contributed by atoms with Crippen LogP contribution in [0.15, 0.2) is 18.2 Å². The van der Waals surface area contributed by atoms with Crippen molar-refractivity contribution in [1.29, 1.82) is 0 Å². The van der Waals surface area contributed by atoms with Gasteiger partial charge in [0.2, 0.25) is 0 Å². The Hall–Kier alpha value is -1.71. The Kier molecular flexibility index (Phi) is 2.99. The van der Waals surface area contributed by atoms with Crippen molar-refractivity contribution in [3.63, 3.8) is 0 Å². The minimum Gasteiger partial charge on any atom is -0.497 e. The molecule has 1 unspecified atom stereocenters. The molecule has 2 rings (SSSR count). The van der Waals surface area contributed by atoms with Gasteiger partial charge in [-0.05, 0) is 30.2 Å². The van der Waals surface area contributed by atoms with E-state index in [0.29, 0.717) is 6.42 Å². The Balaban J connectivity index is 2.14. The highest BCUT2D eigenvalue weighted by Crippen LogP contribution is 2.36. The number of hydrogen-bond acceptors (Lipinski definition) is 3. The maximum absolute atomic E-state index is 10.5. The molecule has 0 saturated heterocycles. The standard InChI is InChI=1S/C12H15NO3/c1-16-9-3-4-11-10(6-9)8(7-13-11)2-5-12(14)15/h3-4,6,8,13H,2,5,7H2,1H3,(H,14,15). The number of fused-ring (bicyclic) bond motifs is 1. The average Bonchev–Trinajstić information content (AvgIpc) is 2.68. The van der Waals surface area contributed by atoms with Crippen LogP contribution in [0.3, 0.4) is 0 Å². The lowest BCUT2D eigenvalue weighted by Gasteiger charge is -2.09. The van der Waals surface area contributed by atoms with Crippen molar-refractivity contribution in [3.8, 4) is 5.75 Å². The first-order valence-electron chi connectivity index (χ1n) is 5.34. The van der Waals surface area contributed by atoms with Crippen LogP contribution in [0.5, 0.6) is 5.75 Å². The molecule has 2 N–H and O–H groups in total. The first kappa shape index (κ1) is 10.8. The van der Waals surface area contributed by atoms with E-state index in [0.717, 1.165) is 18.0 Å². The maximum Gasteiger partial charge on any atom is 0.303 e. The number of anilines is 1. The molecule has 0 amide bonds. The van der Waals surface area contributed by atoms with Crippen LogP contribution in [-0.2, 0) is 4.79 Å². The van der Waals surface area contributed by atoms with Gasteiger partial charge < -0.3 is 15.2 Å². The summed E-state index contributed by atoms with van der Waals surface area (Å²) >= 11 is 0. The zero-order chi connectivity index (χ0) is 11.5. The lowest BCUT2D eigenvalue weighted by Crippen LogP contribution is -2.05. The zero-order valence-electron chi connectivity index (χ0n) is 9.19. The summed E-state index contributed by atoms with van der Waals surface area (Å²) in [6, 6.07) is 5.88. The third-order valence-corrected chi connectivity index (χ3v) is 2.94. The predicted molar refractivity (Wildman–Crippen MR) is 61.1 cm³/mol. The van der Waals surface area contributed by atoms with Crippen molar-refractivity contribution in [3.05, 3.63) is 23.8 Å². The number of methoxy groups -OCH3 is 1. The minimum atomic E-state index is -0.739. The summed E-state index contributed by atoms with van der Waals surface area (Å²) < 4.78 is 5.17. The van der Waals surface area contributed by atoms with E-state index in [9.17, 15) is 4.79 Å². The largest absolute Gasteiger partial charge is 0.497 e. The summed E-state index contributed by atoms with van der Waals surface area (Å²) in [6.45, 7) is 0.815. The molecular formula is C12H15NO3. The summed E-state index contributed by atoms with van der Waals surface area (Å²) in [7, 11) is 1.64. The Morgan fingerprint density at radius 2 is 2.44 bits per heavy atom. The number of carboxylic acids is 1. The molecule has 1 atom stereocenters. The van der Waals surface area contributed by atoms with Gasteiger partial charge in [0, 0.05) is 24.6 Å². The lowest BCUT2D eigenvalue weighted by molar-refractivity contribution is -0.137. The van der Waals surface area contributed by atoms with Crippen LogP contribution in [-0.4, -0.2) is 24.7 Å². The van der Waals surface area contributed by atoms with Gasteiger partial charge in [0.15, 0.2) is 0 Å². The third-order valence-electron chi connectivity index (χ3n) is 2.94. The molecule has 1 aromatic rings. The molecule has 0 saturated carbocycles. The van der Waals surface area contributed by atoms with Gasteiger partial charge >= 0.3 is 5.97 Å². The fraction of sp³-hybridized carbons (Fsp3) is 0.417. The van der Waals surface area contributed by atoms with Crippen LogP contribution < -0.4 is 10.1 Å². The fourth-order valence-electron chi connectivity index (χ4n) is 2.06. The minimum absolute atomic E-state index is 0.211. The number of hydrogen-bond donors (Lipinski definition) is 2. The van der Waals surface area contributed by atoms with Crippen molar-refractivity contribution in [2.75, 3.05) is 19.0 Å². The summed E-state index contributed by atoms with van der Waals surface area (Å²) in [5.74, 6) is 0.361. The first-order valence-corrected chi connectivity index (χ1v) is 5.34. The monoisotopic (exact) mass is 221 g/mol. The number of rotatable bonds is 4. The molecule has 1 aliphatic heterocycles. The van der Waals surface area contributed by atoms with E-state index in [2.05, 4.69) is 5.32 Å². The number of benzene rings is 1. The third kappa shape index (κ3) is 2.10. The molecule has 0 bridgehead atoms. The first-order chi connectivity index (χ1) is 7.70. The van der Waals surface area contributed by atoms with Gasteiger partial charge in [-0.15, -0.1) is 0 Å². The Morgan fingerprint density at radius 3 is 3.12 bits per heavy atom. The second-order valence-corrected chi connectivity index (χ2v) is 3.96. The van der Waals surface area contributed by atoms with Gasteiger partial charge in [-0.3, -0.25) is 4.79 Å². The quantitative estimate of drug-likeness (QED) is 0.817. The summed E-state index contributed by atoms with van der Waals surface area (Å²) in [5, 5.41) is 12.0. The number of ether oxygens (including phenoxy) is 1. The number of carbonyl (C=O) groups is 1. The second-order valence-electron chi connectivity index (χ2n) is 3.96. The Labute approximate surface area is 94.2 Å². The molecular weight excluding hydrogens is 206 g/mol. The molecule has 0 spiro atoms. The van der Waals surface area contributed by atoms with Crippen molar-refractivity contribution in [2.45, 2.75) is 18.8 Å². The zero-order valence-corrected chi connectivity index (χ0v) is 9.19. The van der Waals surface area contributed by atoms with Crippen LogP contribution in [0.1, 0.15) is 24.3 Å². The Morgan fingerprint density at radius 1 is 1.62 bits per heavy atom. The molecule has 1 heterocycles. The molecule has 4 heteroatoms. The highest BCUT2D eigenvalue weighted by atomic mass is 16.5. The number of nitrogens with one attached hydrogen (secondary N) is 1. The maximum atomic E-state index is 10.5. The van der Waals surface area contributed by atoms with E-state index in [1.807, 2.05) is 18.2 Å². The molecule has 0 aromatic heterocycles. The van der Waals surface area contributed by atoms with Gasteiger partial charge in [-0.1, -0.05) is 0 Å². The number of carboxylic acid groups (broad SMARTS) is 1. The predicted octanol–water partition coefficient (Wildman–Crippen LogP) is 2.07. The van der Waals surface area contributed by atoms with Crippen molar-refractivity contribution < 1.29 is 14.6 Å². The second kappa shape index (κ2) is 4.43. The van der Waals surface area contributed by atoms with Crippen molar-refractivity contribution in [1.82, 2.24) is 0 Å². The van der Waals surface area contributed by atoms with Crippen LogP contribution in [0.4, 0.5) is 5.69 Å². The van der Waals surface area contributed by atoms with Gasteiger partial charge in [0.05, 0.1) is 7.11 Å². The molecule has 0 radical (unpaired) electrons. The molecule has 0 fully saturated rings. The fourth-order valence-corrected chi connectivity index (χ4v) is 2.06. The van der Waals surface area contributed by atoms with Gasteiger partial charge in [0.1, 0.15) is 5.75 Å². The molecule has 1 aromatic carbocycles. The van der Waals surface area contributed by atoms with Crippen LogP contribution in [0, 0.1) is 0 Å². The van der Waals surface area contributed by atoms with E-state index in [1.54, 1.807) is 7.11 Å². The van der Waals surface area contributed by atoms with E-state index in [1.165, 1.54) is 5.56 Å². The Bertz CT molecular complexity index is 403. The molecule has 0 aliphatic carbocycles.